The molecular formula is C18H15ClFNO. The van der Waals surface area contributed by atoms with Gasteiger partial charge in [-0.3, -0.25) is 4.79 Å². The van der Waals surface area contributed by atoms with Crippen LogP contribution in [0.1, 0.15) is 33.5 Å². The Bertz CT molecular complexity index is 783. The van der Waals surface area contributed by atoms with Gasteiger partial charge in [0.05, 0.1) is 5.02 Å². The van der Waals surface area contributed by atoms with E-state index in [1.54, 1.807) is 12.1 Å². The summed E-state index contributed by atoms with van der Waals surface area (Å²) in [6, 6.07) is 10.2. The van der Waals surface area contributed by atoms with Crippen LogP contribution in [0.4, 0.5) is 4.39 Å². The fourth-order valence-electron chi connectivity index (χ4n) is 2.62. The summed E-state index contributed by atoms with van der Waals surface area (Å²) in [6.07, 6.45) is 3.66. The highest BCUT2D eigenvalue weighted by Gasteiger charge is 2.15. The van der Waals surface area contributed by atoms with Crippen molar-refractivity contribution in [1.82, 2.24) is 0 Å². The number of hydrogen-bond donors (Lipinski definition) is 1. The summed E-state index contributed by atoms with van der Waals surface area (Å²) in [5.74, 6) is -0.402. The van der Waals surface area contributed by atoms with Crippen LogP contribution in [0.25, 0.3) is 5.70 Å². The van der Waals surface area contributed by atoms with Crippen molar-refractivity contribution >= 4 is 23.1 Å². The number of aryl methyl sites for hydroxylation is 1. The first kappa shape index (κ1) is 14.8. The Morgan fingerprint density at radius 2 is 2.05 bits per heavy atom. The molecule has 112 valence electrons. The van der Waals surface area contributed by atoms with Crippen molar-refractivity contribution in [3.05, 3.63) is 75.6 Å². The SMILES string of the molecule is NC1=CCc2ccc(C(=O)CCc3ccc(F)c(Cl)c3)cc21. The van der Waals surface area contributed by atoms with Gasteiger partial charge in [-0.15, -0.1) is 0 Å². The molecule has 0 spiro atoms. The van der Waals surface area contributed by atoms with Crippen molar-refractivity contribution in [3.63, 3.8) is 0 Å². The smallest absolute Gasteiger partial charge is 0.163 e. The predicted molar refractivity (Wildman–Crippen MR) is 86.4 cm³/mol. The van der Waals surface area contributed by atoms with E-state index >= 15 is 0 Å². The molecule has 4 heteroatoms. The van der Waals surface area contributed by atoms with Crippen LogP contribution in [0.2, 0.25) is 5.02 Å². The van der Waals surface area contributed by atoms with Gasteiger partial charge in [0.1, 0.15) is 5.82 Å². The normalized spacial score (nSPS) is 12.9. The molecule has 0 bridgehead atoms. The van der Waals surface area contributed by atoms with Crippen molar-refractivity contribution in [2.75, 3.05) is 0 Å². The van der Waals surface area contributed by atoms with E-state index in [1.165, 1.54) is 6.07 Å². The van der Waals surface area contributed by atoms with E-state index in [0.29, 0.717) is 18.4 Å². The highest BCUT2D eigenvalue weighted by Crippen LogP contribution is 2.25. The van der Waals surface area contributed by atoms with Crippen molar-refractivity contribution in [1.29, 1.82) is 0 Å². The van der Waals surface area contributed by atoms with Gasteiger partial charge >= 0.3 is 0 Å². The molecule has 0 radical (unpaired) electrons. The van der Waals surface area contributed by atoms with Gasteiger partial charge in [0.2, 0.25) is 0 Å². The Balaban J connectivity index is 1.71. The number of nitrogens with two attached hydrogens (primary N) is 1. The van der Waals surface area contributed by atoms with E-state index in [-0.39, 0.29) is 10.8 Å². The second kappa shape index (κ2) is 5.93. The van der Waals surface area contributed by atoms with E-state index < -0.39 is 5.82 Å². The highest BCUT2D eigenvalue weighted by atomic mass is 35.5. The molecule has 0 atom stereocenters. The second-order valence-electron chi connectivity index (χ2n) is 5.41. The molecular weight excluding hydrogens is 301 g/mol. The topological polar surface area (TPSA) is 43.1 Å². The fourth-order valence-corrected chi connectivity index (χ4v) is 2.83. The number of fused-ring (bicyclic) bond motifs is 1. The molecule has 0 aromatic heterocycles. The largest absolute Gasteiger partial charge is 0.398 e. The van der Waals surface area contributed by atoms with E-state index in [2.05, 4.69) is 0 Å². The highest BCUT2D eigenvalue weighted by molar-refractivity contribution is 6.30. The fraction of sp³-hybridized carbons (Fsp3) is 0.167. The number of halogens is 2. The molecule has 2 nitrogen and oxygen atoms in total. The van der Waals surface area contributed by atoms with Gasteiger partial charge in [-0.05, 0) is 42.2 Å². The maximum absolute atomic E-state index is 13.1. The number of allylic oxidation sites excluding steroid dienone is 1. The van der Waals surface area contributed by atoms with Crippen LogP contribution >= 0.6 is 11.6 Å². The monoisotopic (exact) mass is 315 g/mol. The number of rotatable bonds is 4. The number of Topliss-reactive ketones (excluding diaryl/α,β-unsaturated/α-hetero) is 1. The summed E-state index contributed by atoms with van der Waals surface area (Å²) in [5.41, 5.74) is 10.3. The third-order valence-corrected chi connectivity index (χ3v) is 4.20. The van der Waals surface area contributed by atoms with E-state index in [4.69, 9.17) is 17.3 Å². The molecule has 0 unspecified atom stereocenters. The van der Waals surface area contributed by atoms with Crippen LogP contribution in [0.3, 0.4) is 0 Å². The van der Waals surface area contributed by atoms with E-state index in [0.717, 1.165) is 28.8 Å². The molecule has 2 N–H and O–H groups in total. The third kappa shape index (κ3) is 2.90. The summed E-state index contributed by atoms with van der Waals surface area (Å²) in [5, 5.41) is 0.0837. The van der Waals surface area contributed by atoms with Crippen LogP contribution in [0.5, 0.6) is 0 Å². The standard InChI is InChI=1S/C18H15ClFNO/c19-15-9-11(1-6-16(15)20)2-8-18(22)13-4-3-12-5-7-17(21)14(12)10-13/h1,3-4,6-7,9-10H,2,5,8,21H2. The first-order valence-electron chi connectivity index (χ1n) is 7.10. The van der Waals surface area contributed by atoms with Crippen LogP contribution in [0, 0.1) is 5.82 Å². The maximum atomic E-state index is 13.1. The molecule has 0 saturated heterocycles. The lowest BCUT2D eigenvalue weighted by Gasteiger charge is -2.06. The lowest BCUT2D eigenvalue weighted by atomic mass is 9.99. The molecule has 0 heterocycles. The summed E-state index contributed by atoms with van der Waals surface area (Å²) in [6.45, 7) is 0. The predicted octanol–water partition coefficient (Wildman–Crippen LogP) is 4.15. The minimum atomic E-state index is -0.447. The Labute approximate surface area is 133 Å². The molecule has 2 aromatic rings. The number of carbonyl (C=O) groups excluding carboxylic acids is 1. The summed E-state index contributed by atoms with van der Waals surface area (Å²) in [4.78, 5) is 12.3. The number of ketones is 1. The van der Waals surface area contributed by atoms with Crippen molar-refractivity contribution in [2.45, 2.75) is 19.3 Å². The Morgan fingerprint density at radius 1 is 1.23 bits per heavy atom. The molecule has 2 aromatic carbocycles. The molecule has 0 saturated carbocycles. The molecule has 0 fully saturated rings. The zero-order valence-electron chi connectivity index (χ0n) is 11.9. The zero-order valence-corrected chi connectivity index (χ0v) is 12.7. The van der Waals surface area contributed by atoms with Crippen molar-refractivity contribution in [2.24, 2.45) is 5.73 Å². The van der Waals surface area contributed by atoms with Crippen LogP contribution < -0.4 is 5.73 Å². The van der Waals surface area contributed by atoms with Crippen LogP contribution in [0.15, 0.2) is 42.5 Å². The van der Waals surface area contributed by atoms with E-state index in [9.17, 15) is 9.18 Å². The van der Waals surface area contributed by atoms with Gasteiger partial charge in [-0.25, -0.2) is 4.39 Å². The minimum absolute atomic E-state index is 0.0444. The second-order valence-corrected chi connectivity index (χ2v) is 5.81. The molecule has 1 aliphatic carbocycles. The quantitative estimate of drug-likeness (QED) is 0.861. The van der Waals surface area contributed by atoms with Gasteiger partial charge in [-0.1, -0.05) is 35.9 Å². The molecule has 22 heavy (non-hydrogen) atoms. The number of hydrogen-bond acceptors (Lipinski definition) is 2. The molecule has 3 rings (SSSR count). The third-order valence-electron chi connectivity index (χ3n) is 3.91. The van der Waals surface area contributed by atoms with Gasteiger partial charge < -0.3 is 5.73 Å². The van der Waals surface area contributed by atoms with Gasteiger partial charge in [0.15, 0.2) is 5.78 Å². The number of benzene rings is 2. The Hall–Kier alpha value is -2.13. The Kier molecular flexibility index (Phi) is 3.99. The first-order chi connectivity index (χ1) is 10.5. The summed E-state index contributed by atoms with van der Waals surface area (Å²) in [7, 11) is 0. The van der Waals surface area contributed by atoms with Gasteiger partial charge in [0, 0.05) is 23.2 Å². The van der Waals surface area contributed by atoms with Crippen LogP contribution in [-0.4, -0.2) is 5.78 Å². The van der Waals surface area contributed by atoms with Crippen molar-refractivity contribution in [3.8, 4) is 0 Å². The van der Waals surface area contributed by atoms with Crippen molar-refractivity contribution < 1.29 is 9.18 Å². The van der Waals surface area contributed by atoms with Gasteiger partial charge in [0.25, 0.3) is 0 Å². The lowest BCUT2D eigenvalue weighted by molar-refractivity contribution is 0.0983. The molecule has 1 aliphatic rings. The summed E-state index contributed by atoms with van der Waals surface area (Å²) >= 11 is 5.75. The first-order valence-corrected chi connectivity index (χ1v) is 7.48. The average Bonchev–Trinajstić information content (AvgIpc) is 2.89. The Morgan fingerprint density at radius 3 is 2.82 bits per heavy atom. The maximum Gasteiger partial charge on any atom is 0.163 e. The molecule has 0 aliphatic heterocycles. The zero-order chi connectivity index (χ0) is 15.7. The number of carbonyl (C=O) groups is 1. The minimum Gasteiger partial charge on any atom is -0.398 e. The van der Waals surface area contributed by atoms with Gasteiger partial charge in [-0.2, -0.15) is 0 Å². The average molecular weight is 316 g/mol. The molecule has 0 amide bonds. The lowest BCUT2D eigenvalue weighted by Crippen LogP contribution is -2.03. The van der Waals surface area contributed by atoms with E-state index in [1.807, 2.05) is 24.3 Å². The summed E-state index contributed by atoms with van der Waals surface area (Å²) < 4.78 is 13.1. The van der Waals surface area contributed by atoms with Crippen LogP contribution in [-0.2, 0) is 12.8 Å².